The first-order valence-corrected chi connectivity index (χ1v) is 19.2. The molecule has 0 aromatic carbocycles. The number of allylic oxidation sites excluding steroid dienone is 4. The Labute approximate surface area is 911 Å². The van der Waals surface area contributed by atoms with Crippen LogP contribution in [0.1, 0.15) is 717 Å². The van der Waals surface area contributed by atoms with Crippen molar-refractivity contribution in [1.82, 2.24) is 0 Å². The van der Waals surface area contributed by atoms with Gasteiger partial charge in [0.05, 0.1) is 18.1 Å². The minimum atomic E-state index is -1.32. The molecule has 4 unspecified atom stereocenters. The minimum Gasteiger partial charge on any atom is -0.457 e. The van der Waals surface area contributed by atoms with Gasteiger partial charge in [0.25, 0.3) is 0 Å². The van der Waals surface area contributed by atoms with E-state index < -0.39 is 34.9 Å². The molecular weight excluding hydrogens is 604 g/mol. The average Bonchev–Trinajstić information content (AvgIpc) is 3.58. The Hall–Kier alpha value is -1.83. The molecule has 0 spiro atoms. The Balaban J connectivity index is -0.000000000170. The van der Waals surface area contributed by atoms with Crippen molar-refractivity contribution in [2.45, 2.75) is 145 Å². The molecule has 1 aliphatic heterocycles. The first-order chi connectivity index (χ1) is 23.2. The zero-order chi connectivity index (χ0) is 35.8. The molecule has 4 saturated carbocycles. The normalized spacial score (nSPS) is 44.8. The van der Waals surface area contributed by atoms with Gasteiger partial charge < -0.3 is 19.3 Å². The third kappa shape index (κ3) is 4.71. The van der Waals surface area contributed by atoms with E-state index in [0.29, 0.717) is 18.8 Å². The maximum atomic E-state index is 15.1. The smallest absolute Gasteiger partial charge is 0.309 e. The van der Waals surface area contributed by atoms with Crippen molar-refractivity contribution in [3.63, 3.8) is 0 Å². The predicted molar refractivity (Wildman–Crippen MR) is 1070 cm³/mol. The molecule has 0 bridgehead atoms. The van der Waals surface area contributed by atoms with E-state index in [1.165, 1.54) is 12.0 Å². The van der Waals surface area contributed by atoms with E-state index in [1.54, 1.807) is 0 Å². The van der Waals surface area contributed by atoms with E-state index in [1.807, 2.05) is 33.8 Å². The van der Waals surface area contributed by atoms with E-state index in [0.717, 1.165) is 43.3 Å². The molecule has 5 aliphatic carbocycles. The minimum absolute atomic E-state index is 0. The van der Waals surface area contributed by atoms with Gasteiger partial charge in [-0.3, -0.25) is 14.4 Å². The first-order valence-electron chi connectivity index (χ1n) is 19.7. The maximum absolute atomic E-state index is 15.1. The van der Waals surface area contributed by atoms with Gasteiger partial charge in [-0.15, -0.1) is 0 Å². The summed E-state index contributed by atoms with van der Waals surface area (Å²) in [5.41, 5.74) is 0.642. The van der Waals surface area contributed by atoms with E-state index in [-0.39, 0.29) is 668 Å². The number of hydrogen-bond acceptors (Lipinski definition) is 7. The Morgan fingerprint density at radius 3 is 2.44 bits per heavy atom. The number of hydrogen-bond donors (Lipinski definition) is 1. The van der Waals surface area contributed by atoms with E-state index >= 15 is 4.79 Å². The fraction of sp³-hybridized carbons (Fsp3) is 0.829. The fourth-order valence-corrected chi connectivity index (χ4v) is 12.5. The van der Waals surface area contributed by atoms with Gasteiger partial charge in [0, 0.05) is 619 Å². The number of carbonyl (C=O) groups is 3. The van der Waals surface area contributed by atoms with Crippen LogP contribution in [0.4, 0.5) is 0 Å². The highest BCUT2D eigenvalue weighted by atomic mass is 16.7. The molecule has 6 rings (SSSR count). The van der Waals surface area contributed by atoms with Gasteiger partial charge in [-0.05, 0) is 93.1 Å². The number of aliphatic hydroxyl groups excluding tert-OH is 1. The molecular formula is C41H898O7. The zero-order valence-electron chi connectivity index (χ0n) is 32.2. The standard InChI is InChI=1S/C41H62O7.418H2/c1-11-39-27(10)36(44)35-30(17-16-28-18-32(42)25(8)26(9)40(28,35)22(4)5)31(39)19-34-41(39,33(43)20-46-37(45)24(7)21(2)3)48-38(47-34)29-15-13-12-14-23(29)6;;;;;;;;;;;;;;;;;;;;;;;;;;;;;;;;;;;;;;;;;;;;;;;;;;;;;;;;;;;;;;;;;;;;;;;;;;;;;;;;;;;;;;;;;;;;;;;;;;;;;;;;;;;;;;;;;;;;;;;;;;;;;;;;;;;;;;;;;;;;;;;;;;;;;;;;;;;;;;;;;;;;;;;;;;;;;;;;;;;;;;;;;;;;;;;;;;;;;;;;;;;;;;;;;;;;;;;;;;;;;;;;;;;;;;;;;;;;;;;;;;;;;;;;;;;;;;;;;;;;;;;;;;;;;;;;;;;;;;;;;;;;;;;;;;;;;;;;;;;;;;;;;;;;;;;;;;;;;;;;;;;;;;;;;;;;;;;;;;;;;;;;;;;;;;;;;;;;;;;;;;;;;;;;;;;;;;;;;;;;;;;;;;;;;;;;;;;;;;;;;;;;;;;;;;;;;;;;;;/h18,21-24,27,29-31,34-36,38,44H,11-17,19-20H2,1-10H3;418*1H/t23?,24?,27?,29?,30-,31-,34+,35+,36-,38-,39-,40-,41+;;;;;;;;;;;;;;;;;;;;;;;;;;;;;;;;;;;;;;;;;;;;;;;;;;;;;;;;;;;;;;;;;;;;;;;;;;;;;;;;;;;;;;;;;;;;;;;;;;;;;;;;;;;;;;;;;;;;;;;;;;;;;;;;;;;;;;;;;;;;;;;;;;;;;;;;;;;;;;;;;;;;;;;;;;;;;;;;;;;;;;;;;;;;;;;;;;;;;;;;;;;;;;;;;;;;;;;;;;;;;;;;;;;;;;;;;;;;;;;;;;;;;;;;;;;;;;;;;;;;;;;;;;;;;;;;;;;;;;;;;;;;;;;;;;;;;;;;;;;;;;;;;;;;;;;;;;;;;;;;;;;;;;;;;;;;;;;;;;;;;;;;;;;;;;;;;;;;;;;;;;;;;;;;;;;;;;;;;;;;;;;;;;;;;;;;;;;;;;;;;;;;;;;;;;;;;;;;;;/m0................................................................................................................................................................................................................................................................................................................................................................................................................................../s1/i44D;;;;;;;;;;;;;;;;;;;;;;;;;;;;;;;;;;;;;;;;;;;;;;;;;;;;;;;;;;;;;;;;;;;;;;;;;;;;;;;;;;;;;;;;;;;;;;;;;;;;;;;;;;;;;;;;;;;;;;;;;;;;;;;;;;;;;;;;;;;;;;;;;;;;;;;;;;;;;;;;;;;;;;;;;;;;;;;;;;;;;;;;;;;;;;;;;;;;;;;;;;;;;;;;;;;;;;;;;;;;;;;;;;;;;;;;;;;;;;;;;;;;;;;;;;;;;;;;;;;;;;;;;;;;;;;;;;;;;;;;;;;;;;;;;;;;;;;;;;;;;;;;;;;;;;;;;;;;;;;;;;;;;;;;;;;;;;;;;;;;;;;;;;;;;;;;;;;;;;;;;;;;;;;;;;;;;;;;;;;;;;;;;;;;;;;;;;;;;;;;;;;;;;;;;;;;;;;;;;. The molecule has 1 saturated heterocycles. The summed E-state index contributed by atoms with van der Waals surface area (Å²) >= 11 is 0. The van der Waals surface area contributed by atoms with Gasteiger partial charge in [-0.2, -0.15) is 0 Å². The number of aliphatic hydroxyl groups is 1. The molecule has 0 aromatic rings. The molecule has 1 heterocycles. The van der Waals surface area contributed by atoms with Crippen molar-refractivity contribution in [1.29, 1.82) is 1.43 Å². The first kappa shape index (κ1) is 34.6. The molecule has 5 fully saturated rings. The van der Waals surface area contributed by atoms with Crippen LogP contribution < -0.4 is 0 Å². The fourth-order valence-electron chi connectivity index (χ4n) is 12.5. The summed E-state index contributed by atoms with van der Waals surface area (Å²) in [6.45, 7) is 20.6. The van der Waals surface area contributed by atoms with Gasteiger partial charge in [0.15, 0.2) is 24.3 Å². The number of fused-ring (bicyclic) bond motifs is 7. The molecule has 7 heteroatoms. The number of carbonyl (C=O) groups excluding carboxylic acids is 3. The molecule has 6 aliphatic rings. The monoisotopic (exact) mass is 1510 g/mol. The lowest BCUT2D eigenvalue weighted by atomic mass is 9.39. The number of ketones is 2. The van der Waals surface area contributed by atoms with Crippen LogP contribution in [0.25, 0.3) is 0 Å². The van der Waals surface area contributed by atoms with Crippen LogP contribution in [-0.2, 0) is 28.6 Å². The van der Waals surface area contributed by atoms with Gasteiger partial charge in [0.1, 0.15) is 0 Å². The van der Waals surface area contributed by atoms with Crippen molar-refractivity contribution in [3.05, 3.63) is 22.8 Å². The highest BCUT2D eigenvalue weighted by molar-refractivity contribution is 6.06. The van der Waals surface area contributed by atoms with Crippen molar-refractivity contribution in [3.8, 4) is 0 Å². The average molecular weight is 1510 g/mol. The molecule has 7 nitrogen and oxygen atoms in total. The third-order valence-corrected chi connectivity index (χ3v) is 15.3. The van der Waals surface area contributed by atoms with Gasteiger partial charge in [-0.25, -0.2) is 0 Å². The molecule has 13 atom stereocenters. The van der Waals surface area contributed by atoms with Gasteiger partial charge in [0.2, 0.25) is 7.21 Å². The summed E-state index contributed by atoms with van der Waals surface area (Å²) in [4.78, 5) is 41.4. The van der Waals surface area contributed by atoms with Crippen LogP contribution in [0.2, 0.25) is 0 Å². The van der Waals surface area contributed by atoms with Crippen molar-refractivity contribution in [2.24, 2.45) is 64.1 Å². The second-order valence-corrected chi connectivity index (χ2v) is 17.4. The van der Waals surface area contributed by atoms with E-state index in [2.05, 4.69) is 41.5 Å². The topological polar surface area (TPSA) is 99.1 Å². The molecule has 0 amide bonds. The molecule has 0 radical (unpaired) electrons. The van der Waals surface area contributed by atoms with E-state index in [9.17, 15) is 9.59 Å². The second-order valence-electron chi connectivity index (χ2n) is 17.4. The Morgan fingerprint density at radius 2 is 1.81 bits per heavy atom. The van der Waals surface area contributed by atoms with Gasteiger partial charge >= 0.3 is 5.97 Å². The summed E-state index contributed by atoms with van der Waals surface area (Å²) in [6, 6.07) is 0. The van der Waals surface area contributed by atoms with Gasteiger partial charge in [-0.1, -0.05) is 85.8 Å². The van der Waals surface area contributed by atoms with Crippen LogP contribution in [0, 0.1) is 64.1 Å². The lowest BCUT2D eigenvalue weighted by Gasteiger charge is -2.66. The van der Waals surface area contributed by atoms with Crippen molar-refractivity contribution >= 4 is 17.5 Å². The quantitative estimate of drug-likeness (QED) is 0.230. The molecule has 1104 valence electrons. The summed E-state index contributed by atoms with van der Waals surface area (Å²) in [5, 5.41) is 5.95. The van der Waals surface area contributed by atoms with Crippen molar-refractivity contribution < 1.29 is 630 Å². The van der Waals surface area contributed by atoms with Crippen molar-refractivity contribution in [2.75, 3.05) is 6.61 Å². The van der Waals surface area contributed by atoms with E-state index in [4.69, 9.17) is 20.8 Å². The second kappa shape index (κ2) is 12.7. The zero-order valence-corrected chi connectivity index (χ0v) is 31.2. The molecule has 1 N–H and O–H groups in total. The van der Waals surface area contributed by atoms with Crippen LogP contribution in [-0.4, -0.2) is 54.8 Å². The number of Topliss-reactive ketones (excluding diaryl/α,β-unsaturated/α-hetero) is 1. The van der Waals surface area contributed by atoms with Crippen LogP contribution in [0.15, 0.2) is 22.8 Å². The third-order valence-electron chi connectivity index (χ3n) is 15.3. The summed E-state index contributed by atoms with van der Waals surface area (Å²) in [6.07, 6.45) is 7.80. The van der Waals surface area contributed by atoms with Crippen LogP contribution in [0.3, 0.4) is 0 Å². The largest absolute Gasteiger partial charge is 0.457 e. The predicted octanol–water partition coefficient (Wildman–Crippen LogP) is 110. The summed E-state index contributed by atoms with van der Waals surface area (Å²) in [7, 11) is 0. The Bertz CT molecular complexity index is 1620. The highest BCUT2D eigenvalue weighted by Crippen LogP contribution is 2.74. The number of esters is 1. The molecule has 0 aromatic heterocycles. The lowest BCUT2D eigenvalue weighted by Crippen LogP contribution is -2.69. The SMILES string of the molecule is [2H]O[C@H]1C(C)[C@@]2(CC)[C@@H](C[C@H]3O[C@H](C4CCCCC4C)O[C@]32C(=O)COC(=O)C(C)C(C)C)[C@@H]2CCC3=CC(=O)C(C)=C(C)[C@]3(C(C)C)[C@H]21.[HH].[HH].[HH].[HH].[HH].[HH].[HH].[HH].[HH].[HH].[HH].[HH].[HH].[HH].[HH].[HH].[HH].[HH].[HH].[HH].[HH].[HH].[HH].[HH].[HH].[HH].[HH].[HH].[HH].[HH].[HH].[HH].[HH].[HH].[HH].[HH].[HH].[HH].[HH].[HH].[HH].[HH].[HH].[HH].[HH].[HH].[HH].[HH].[HH].[HH].[HH].[HH].[HH].[HH].[HH].[HH].[HH].[HH].[HH].[HH].[HH].[HH].[HH].[HH].[HH].[HH].[HH].[HH].[HH].[HH].[HH].[HH].[HH].[HH].[HH].[HH].[HH].[HH].[HH].[HH].[HH].[HH].[HH].[HH].[HH].[HH].[HH].[HH].[HH].[HH].[HH].[HH].[HH].[HH].[HH].[HH].[HH].[HH].[HH].[HH].[HH].[HH].[HH].[HH].[HH].[HH].[HH].[HH].[HH].[HH].[HH].[HH].[HH].[HH].[HH].[HH].[HH].[HH].[HH].[HH].[HH].[HH].[HH].[HH].[HH].[HH].[HH].[HH].[HH].[HH].[HH].[HH].[HH].[HH].[HH].[HH].[HH].[HH].[HH].[HH].[HH].[HH].[HH].[HH].[HH].[HH].[HH].[HH].[HH].[HH].[HH].[HH].[HH].[HH].[HH].[HH].[HH].[HH].[HH].[HH].[HH].[HH].[HH].[HH].[HH].[HH].[HH].[HH].[HH].[HH].[HH].[HH].[HH].[HH].[HH].[HH].[HH].[HH].[HH].[HH].[HH].[HH].[HH].[HH].[HH].[HH].[HH].[HH].[HH].[HH].[HH].[HH].[HH].[HH].[HH].[HH].[HH].[HH].[HH].[HH].[HH].[HH].[HH].[HH].[HH].[HH].[HH].[HH].[HH].[HH].[HH].[HH].[HH].[HH].[HH].[HH].[HH].[HH].[HH].[HH].[HH].[HH].[HH].[HH].[HH].[HH].[HH].[HH].[HH].[HH].[HH].[HH].[HH].[HH].[HH].[HH].[HH].[HH].[HH].[HH].[HH].[HH].[HH].[HH].[HH].[HH].[HH].[HH].[HH].[HH].[HH].[HH].[HH].[HH].[HH].[HH].[HH].[HH].[HH].[HH].[HH].[HH].[HH].[HH].[HH].[HH].[HH].[HH].[HH].[HH].[HH].[HH].[HH].[HH].[HH].[HH].[HH].[HH].[HH].[HH].[HH].[HH].[HH].[HH].[HH].[HH].[HH].[HH].[HH].[HH].[HH].[HH].[HH].[HH].[HH].[HH].[HH].[HH].[HH].[HH].[HH].[HH].[HH].[HH].[HH].[HH].[HH].[HH].[HH].[HH].[HH].[HH].[HH].[HH].[HH].[HH].[HH].[HH].[HH].[HH].[HH].[HH].[HH].[HH].[HH].[HH].[HH].[HH].[HH].[HH].[HH].[HH].[HH].[HH].[HH].[HH].[HH].[HH].[HH].[HH].[HH].[HH].[HH].[HH].[HH].[HH].[HH].[HH].[HH].[HH].[HH].[HH].[HH].[HH].[HH].[HH].[HH].[HH].[HH].[HH].[HH].[HH].[HH].[HH].[HH].[HH].[HH].[HH].[HH].[HH].[HH].[HH].[HH].[HH].[HH].[HH].[HH].[HH].[HH].[HH].[HH].[HH].[HH].[HH].[HH].[HH].[HH].[HH].[HH].[HH].[HH].[HH].[HH].[HH].[HH].[HH].[HH].[HH].[HH].[HH].[HH].[HH].[HH].[HH].[HH].[HH].[HH].[HH].[HH].[HH].[HH].[HH].[HH].[HH].[HH].[HH].[HH].[HH]. The lowest BCUT2D eigenvalue weighted by molar-refractivity contribution is -0.241. The molecule has 48 heavy (non-hydrogen) atoms. The Kier molecular flexibility index (Phi) is 9.19. The summed E-state index contributed by atoms with van der Waals surface area (Å²) in [5.74, 6) is -0.0407. The number of ether oxygens (including phenoxy) is 3. The highest BCUT2D eigenvalue weighted by Gasteiger charge is 2.80. The Morgan fingerprint density at radius 1 is 1.10 bits per heavy atom. The number of rotatable bonds is 9. The van der Waals surface area contributed by atoms with Crippen LogP contribution in [0.5, 0.6) is 0 Å². The maximum Gasteiger partial charge on any atom is 0.309 e. The van der Waals surface area contributed by atoms with Crippen LogP contribution >= 0.6 is 0 Å². The summed E-state index contributed by atoms with van der Waals surface area (Å²) < 4.78 is 28.9.